The van der Waals surface area contributed by atoms with E-state index in [9.17, 15) is 5.11 Å². The lowest BCUT2D eigenvalue weighted by atomic mass is 9.73. The fraction of sp³-hybridized carbons (Fsp3) is 0.636. The Bertz CT molecular complexity index is 606. The molecule has 2 nitrogen and oxygen atoms in total. The molecule has 0 aliphatic heterocycles. The van der Waals surface area contributed by atoms with Gasteiger partial charge in [0.15, 0.2) is 8.32 Å². The summed E-state index contributed by atoms with van der Waals surface area (Å²) in [4.78, 5) is 1.31. The number of hydrogen-bond donors (Lipinski definition) is 1. The molecule has 0 unspecified atom stereocenters. The second-order valence-corrected chi connectivity index (χ2v) is 15.3. The zero-order valence-electron chi connectivity index (χ0n) is 17.3. The standard InChI is InChI=1S/C22H36O2SSi/c1-21(2,3)26(5,6)24-17-22(4)14-12-19(23)16-18(22)13-15-25-20-10-8-7-9-11-20/h7-11,16,19,23H,12-15,17H2,1-6H3/t19-,22-/m0/s1. The zero-order chi connectivity index (χ0) is 19.4. The van der Waals surface area contributed by atoms with Gasteiger partial charge in [-0.2, -0.15) is 0 Å². The third-order valence-electron chi connectivity index (χ3n) is 6.10. The fourth-order valence-electron chi connectivity index (χ4n) is 3.05. The molecule has 0 radical (unpaired) electrons. The highest BCUT2D eigenvalue weighted by Gasteiger charge is 2.41. The van der Waals surface area contributed by atoms with Crippen LogP contribution in [0.5, 0.6) is 0 Å². The Kier molecular flexibility index (Phi) is 7.22. The molecule has 0 spiro atoms. The molecule has 2 atom stereocenters. The van der Waals surface area contributed by atoms with Crippen LogP contribution in [0.25, 0.3) is 0 Å². The SMILES string of the molecule is CC(C)(C)[Si](C)(C)OC[C@]1(C)CC[C@H](O)C=C1CCSc1ccccc1. The van der Waals surface area contributed by atoms with Crippen LogP contribution in [-0.2, 0) is 4.43 Å². The molecule has 0 saturated heterocycles. The van der Waals surface area contributed by atoms with E-state index in [4.69, 9.17) is 4.43 Å². The van der Waals surface area contributed by atoms with Crippen molar-refractivity contribution in [3.05, 3.63) is 42.0 Å². The quantitative estimate of drug-likeness (QED) is 0.336. The summed E-state index contributed by atoms with van der Waals surface area (Å²) in [6, 6.07) is 10.6. The van der Waals surface area contributed by atoms with Gasteiger partial charge < -0.3 is 9.53 Å². The van der Waals surface area contributed by atoms with Crippen molar-refractivity contribution >= 4 is 20.1 Å². The molecule has 146 valence electrons. The first-order valence-corrected chi connectivity index (χ1v) is 13.6. The highest BCUT2D eigenvalue weighted by Crippen LogP contribution is 2.43. The summed E-state index contributed by atoms with van der Waals surface area (Å²) in [7, 11) is -1.76. The third-order valence-corrected chi connectivity index (χ3v) is 11.6. The van der Waals surface area contributed by atoms with Gasteiger partial charge in [0.1, 0.15) is 0 Å². The van der Waals surface area contributed by atoms with Crippen LogP contribution in [0.1, 0.15) is 47.0 Å². The van der Waals surface area contributed by atoms with Crippen LogP contribution in [0.4, 0.5) is 0 Å². The van der Waals surface area contributed by atoms with E-state index in [0.29, 0.717) is 0 Å². The van der Waals surface area contributed by atoms with Crippen molar-refractivity contribution in [1.29, 1.82) is 0 Å². The van der Waals surface area contributed by atoms with Gasteiger partial charge in [-0.3, -0.25) is 0 Å². The maximum atomic E-state index is 10.2. The molecule has 0 amide bonds. The van der Waals surface area contributed by atoms with Crippen LogP contribution in [0.15, 0.2) is 46.9 Å². The summed E-state index contributed by atoms with van der Waals surface area (Å²) >= 11 is 1.89. The van der Waals surface area contributed by atoms with Gasteiger partial charge in [-0.1, -0.05) is 57.5 Å². The summed E-state index contributed by atoms with van der Waals surface area (Å²) in [6.07, 6.45) is 4.66. The van der Waals surface area contributed by atoms with Gasteiger partial charge in [0.2, 0.25) is 0 Å². The van der Waals surface area contributed by atoms with E-state index < -0.39 is 8.32 Å². The summed E-state index contributed by atoms with van der Waals surface area (Å²) in [5.74, 6) is 1.04. The van der Waals surface area contributed by atoms with Gasteiger partial charge in [-0.05, 0) is 49.5 Å². The van der Waals surface area contributed by atoms with E-state index in [2.05, 4.69) is 77.2 Å². The minimum atomic E-state index is -1.76. The van der Waals surface area contributed by atoms with Crippen LogP contribution >= 0.6 is 11.8 Å². The van der Waals surface area contributed by atoms with E-state index in [-0.39, 0.29) is 16.6 Å². The molecule has 0 aromatic heterocycles. The number of benzene rings is 1. The van der Waals surface area contributed by atoms with Gasteiger partial charge in [-0.25, -0.2) is 0 Å². The lowest BCUT2D eigenvalue weighted by molar-refractivity contribution is 0.119. The lowest BCUT2D eigenvalue weighted by Crippen LogP contribution is -2.44. The minimum Gasteiger partial charge on any atom is -0.416 e. The van der Waals surface area contributed by atoms with Gasteiger partial charge in [0.25, 0.3) is 0 Å². The van der Waals surface area contributed by atoms with Gasteiger partial charge in [-0.15, -0.1) is 11.8 Å². The molecule has 1 aromatic rings. The van der Waals surface area contributed by atoms with E-state index in [1.54, 1.807) is 0 Å². The molecule has 1 N–H and O–H groups in total. The summed E-state index contributed by atoms with van der Waals surface area (Å²) < 4.78 is 6.58. The van der Waals surface area contributed by atoms with Crippen LogP contribution < -0.4 is 0 Å². The summed E-state index contributed by atoms with van der Waals surface area (Å²) in [5.41, 5.74) is 1.42. The molecular weight excluding hydrogens is 356 g/mol. The number of rotatable bonds is 7. The van der Waals surface area contributed by atoms with Gasteiger partial charge in [0, 0.05) is 22.7 Å². The maximum absolute atomic E-state index is 10.2. The van der Waals surface area contributed by atoms with Crippen molar-refractivity contribution in [2.75, 3.05) is 12.4 Å². The van der Waals surface area contributed by atoms with Crippen molar-refractivity contribution in [3.63, 3.8) is 0 Å². The largest absolute Gasteiger partial charge is 0.416 e. The fourth-order valence-corrected chi connectivity index (χ4v) is 5.07. The molecule has 4 heteroatoms. The molecular formula is C22H36O2SSi. The number of thioether (sulfide) groups is 1. The van der Waals surface area contributed by atoms with Crippen LogP contribution in [-0.4, -0.2) is 31.9 Å². The minimum absolute atomic E-state index is 0.0476. The summed E-state index contributed by atoms with van der Waals surface area (Å²) in [5, 5.41) is 10.4. The lowest BCUT2D eigenvalue weighted by Gasteiger charge is -2.42. The first-order valence-electron chi connectivity index (χ1n) is 9.75. The Morgan fingerprint density at radius 1 is 1.23 bits per heavy atom. The molecule has 0 fully saturated rings. The Labute approximate surface area is 165 Å². The van der Waals surface area contributed by atoms with Crippen molar-refractivity contribution < 1.29 is 9.53 Å². The summed E-state index contributed by atoms with van der Waals surface area (Å²) in [6.45, 7) is 14.6. The zero-order valence-corrected chi connectivity index (χ0v) is 19.2. The second kappa shape index (κ2) is 8.64. The predicted molar refractivity (Wildman–Crippen MR) is 116 cm³/mol. The molecule has 1 aliphatic carbocycles. The third kappa shape index (κ3) is 5.72. The monoisotopic (exact) mass is 392 g/mol. The first kappa shape index (κ1) is 21.7. The van der Waals surface area contributed by atoms with Crippen LogP contribution in [0.2, 0.25) is 18.1 Å². The molecule has 0 heterocycles. The van der Waals surface area contributed by atoms with Crippen molar-refractivity contribution in [3.8, 4) is 0 Å². The smallest absolute Gasteiger partial charge is 0.192 e. The Morgan fingerprint density at radius 3 is 2.50 bits per heavy atom. The Hall–Kier alpha value is -0.553. The maximum Gasteiger partial charge on any atom is 0.192 e. The van der Waals surface area contributed by atoms with Crippen molar-refractivity contribution in [1.82, 2.24) is 0 Å². The number of aliphatic hydroxyl groups excluding tert-OH is 1. The molecule has 1 aromatic carbocycles. The normalized spacial score (nSPS) is 24.4. The van der Waals surface area contributed by atoms with Crippen molar-refractivity contribution in [2.45, 2.75) is 76.1 Å². The average Bonchev–Trinajstić information content (AvgIpc) is 2.57. The highest BCUT2D eigenvalue weighted by atomic mass is 32.2. The van der Waals surface area contributed by atoms with Crippen LogP contribution in [0, 0.1) is 5.41 Å². The van der Waals surface area contributed by atoms with E-state index >= 15 is 0 Å². The Morgan fingerprint density at radius 2 is 1.88 bits per heavy atom. The van der Waals surface area contributed by atoms with Crippen LogP contribution in [0.3, 0.4) is 0 Å². The molecule has 0 bridgehead atoms. The topological polar surface area (TPSA) is 29.5 Å². The second-order valence-electron chi connectivity index (χ2n) is 9.32. The van der Waals surface area contributed by atoms with Gasteiger partial charge >= 0.3 is 0 Å². The van der Waals surface area contributed by atoms with Crippen molar-refractivity contribution in [2.24, 2.45) is 5.41 Å². The Balaban J connectivity index is 2.01. The van der Waals surface area contributed by atoms with Gasteiger partial charge in [0.05, 0.1) is 6.10 Å². The van der Waals surface area contributed by atoms with E-state index in [1.165, 1.54) is 10.5 Å². The first-order chi connectivity index (χ1) is 12.0. The van der Waals surface area contributed by atoms with E-state index in [1.807, 2.05) is 11.8 Å². The molecule has 0 saturated carbocycles. The molecule has 2 rings (SSSR count). The molecule has 26 heavy (non-hydrogen) atoms. The average molecular weight is 393 g/mol. The predicted octanol–water partition coefficient (Wildman–Crippen LogP) is 6.28. The number of aliphatic hydroxyl groups is 1. The molecule has 1 aliphatic rings. The van der Waals surface area contributed by atoms with E-state index in [0.717, 1.165) is 31.6 Å². The highest BCUT2D eigenvalue weighted by molar-refractivity contribution is 7.99. The number of hydrogen-bond acceptors (Lipinski definition) is 3.